The van der Waals surface area contributed by atoms with Gasteiger partial charge in [0.05, 0.1) is 17.7 Å². The molecule has 0 aliphatic rings. The second-order valence-corrected chi connectivity index (χ2v) is 7.35. The molecular formula is C18H33N3O2. The number of aliphatic hydroxyl groups is 1. The summed E-state index contributed by atoms with van der Waals surface area (Å²) in [5.74, 6) is 0.587. The van der Waals surface area contributed by atoms with E-state index in [9.17, 15) is 9.90 Å². The van der Waals surface area contributed by atoms with Gasteiger partial charge in [0.2, 0.25) is 5.91 Å². The fourth-order valence-corrected chi connectivity index (χ4v) is 2.63. The maximum atomic E-state index is 12.2. The van der Waals surface area contributed by atoms with Crippen LogP contribution in [0.25, 0.3) is 0 Å². The maximum Gasteiger partial charge on any atom is 0.224 e. The summed E-state index contributed by atoms with van der Waals surface area (Å²) in [4.78, 5) is 12.2. The number of hydrogen-bond acceptors (Lipinski definition) is 3. The summed E-state index contributed by atoms with van der Waals surface area (Å²) in [6.07, 6.45) is 1.19. The highest BCUT2D eigenvalue weighted by molar-refractivity contribution is 5.79. The topological polar surface area (TPSA) is 67.2 Å². The Hall–Kier alpha value is -1.36. The minimum Gasteiger partial charge on any atom is -0.388 e. The van der Waals surface area contributed by atoms with E-state index in [0.717, 1.165) is 29.9 Å². The van der Waals surface area contributed by atoms with Crippen molar-refractivity contribution in [3.63, 3.8) is 0 Å². The van der Waals surface area contributed by atoms with Crippen LogP contribution < -0.4 is 5.32 Å². The SMILES string of the molecule is CCC(C)C(C)(O)CNC(=O)Cc1c(C)nn(CC(C)C)c1C. The van der Waals surface area contributed by atoms with E-state index in [0.29, 0.717) is 12.3 Å². The maximum absolute atomic E-state index is 12.2. The first-order valence-corrected chi connectivity index (χ1v) is 8.60. The van der Waals surface area contributed by atoms with Crippen molar-refractivity contribution in [3.8, 4) is 0 Å². The predicted molar refractivity (Wildman–Crippen MR) is 93.3 cm³/mol. The van der Waals surface area contributed by atoms with E-state index in [1.165, 1.54) is 0 Å². The highest BCUT2D eigenvalue weighted by atomic mass is 16.3. The van der Waals surface area contributed by atoms with Gasteiger partial charge in [-0.05, 0) is 32.6 Å². The minimum atomic E-state index is -0.879. The predicted octanol–water partition coefficient (Wildman–Crippen LogP) is 2.61. The van der Waals surface area contributed by atoms with E-state index in [1.807, 2.05) is 32.4 Å². The van der Waals surface area contributed by atoms with Crippen molar-refractivity contribution >= 4 is 5.91 Å². The minimum absolute atomic E-state index is 0.0659. The first-order chi connectivity index (χ1) is 10.6. The fourth-order valence-electron chi connectivity index (χ4n) is 2.63. The molecule has 2 atom stereocenters. The summed E-state index contributed by atoms with van der Waals surface area (Å²) in [6, 6.07) is 0. The number of nitrogens with one attached hydrogen (secondary N) is 1. The molecule has 0 fully saturated rings. The molecule has 23 heavy (non-hydrogen) atoms. The molecule has 1 amide bonds. The van der Waals surface area contributed by atoms with E-state index < -0.39 is 5.60 Å². The van der Waals surface area contributed by atoms with Gasteiger partial charge < -0.3 is 10.4 Å². The molecule has 0 aromatic carbocycles. The Balaban J connectivity index is 2.70. The number of hydrogen-bond donors (Lipinski definition) is 2. The Kier molecular flexibility index (Phi) is 6.81. The zero-order chi connectivity index (χ0) is 17.8. The van der Waals surface area contributed by atoms with Crippen molar-refractivity contribution < 1.29 is 9.90 Å². The number of amides is 1. The summed E-state index contributed by atoms with van der Waals surface area (Å²) in [7, 11) is 0. The molecule has 1 aromatic rings. The summed E-state index contributed by atoms with van der Waals surface area (Å²) >= 11 is 0. The molecule has 2 unspecified atom stereocenters. The van der Waals surface area contributed by atoms with Crippen LogP contribution in [0.15, 0.2) is 0 Å². The van der Waals surface area contributed by atoms with Gasteiger partial charge in [-0.3, -0.25) is 9.48 Å². The number of nitrogens with zero attached hydrogens (tertiary/aromatic N) is 2. The molecule has 0 saturated carbocycles. The van der Waals surface area contributed by atoms with Gasteiger partial charge in [-0.25, -0.2) is 0 Å². The van der Waals surface area contributed by atoms with Crippen molar-refractivity contribution in [3.05, 3.63) is 17.0 Å². The highest BCUT2D eigenvalue weighted by Crippen LogP contribution is 2.19. The lowest BCUT2D eigenvalue weighted by molar-refractivity contribution is -0.122. The number of rotatable bonds is 8. The van der Waals surface area contributed by atoms with Crippen LogP contribution in [0.2, 0.25) is 0 Å². The molecule has 0 aliphatic heterocycles. The van der Waals surface area contributed by atoms with Crippen molar-refractivity contribution in [2.45, 2.75) is 73.5 Å². The second kappa shape index (κ2) is 7.95. The Labute approximate surface area is 140 Å². The Morgan fingerprint density at radius 1 is 1.35 bits per heavy atom. The van der Waals surface area contributed by atoms with Crippen molar-refractivity contribution in [1.29, 1.82) is 0 Å². The lowest BCUT2D eigenvalue weighted by Crippen LogP contribution is -2.45. The van der Waals surface area contributed by atoms with E-state index >= 15 is 0 Å². The standard InChI is InChI=1S/C18H33N3O2/c1-8-13(4)18(7,23)11-19-17(22)9-16-14(5)20-21(15(16)6)10-12(2)3/h12-13,23H,8-11H2,1-7H3,(H,19,22). The Bertz CT molecular complexity index is 533. The second-order valence-electron chi connectivity index (χ2n) is 7.35. The van der Waals surface area contributed by atoms with Crippen LogP contribution in [0.5, 0.6) is 0 Å². The van der Waals surface area contributed by atoms with Gasteiger partial charge in [0.25, 0.3) is 0 Å². The number of carbonyl (C=O) groups is 1. The molecule has 0 spiro atoms. The quantitative estimate of drug-likeness (QED) is 0.773. The molecule has 132 valence electrons. The van der Waals surface area contributed by atoms with E-state index in [-0.39, 0.29) is 18.4 Å². The third-order valence-corrected chi connectivity index (χ3v) is 4.72. The van der Waals surface area contributed by atoms with Crippen LogP contribution in [0.4, 0.5) is 0 Å². The van der Waals surface area contributed by atoms with Crippen LogP contribution in [-0.4, -0.2) is 32.9 Å². The van der Waals surface area contributed by atoms with Crippen LogP contribution in [0.1, 0.15) is 58.0 Å². The average molecular weight is 323 g/mol. The van der Waals surface area contributed by atoms with Crippen molar-refractivity contribution in [2.75, 3.05) is 6.54 Å². The lowest BCUT2D eigenvalue weighted by Gasteiger charge is -2.29. The van der Waals surface area contributed by atoms with Gasteiger partial charge in [-0.1, -0.05) is 34.1 Å². The third-order valence-electron chi connectivity index (χ3n) is 4.72. The summed E-state index contributed by atoms with van der Waals surface area (Å²) in [5, 5.41) is 17.8. The van der Waals surface area contributed by atoms with E-state index in [4.69, 9.17) is 0 Å². The third kappa shape index (κ3) is 5.34. The molecule has 2 N–H and O–H groups in total. The molecule has 5 heteroatoms. The first kappa shape index (κ1) is 19.7. The highest BCUT2D eigenvalue weighted by Gasteiger charge is 2.27. The smallest absolute Gasteiger partial charge is 0.224 e. The molecule has 0 aliphatic carbocycles. The van der Waals surface area contributed by atoms with Crippen LogP contribution >= 0.6 is 0 Å². The molecule has 5 nitrogen and oxygen atoms in total. The zero-order valence-electron chi connectivity index (χ0n) is 15.7. The molecule has 0 radical (unpaired) electrons. The molecular weight excluding hydrogens is 290 g/mol. The zero-order valence-corrected chi connectivity index (χ0v) is 15.7. The first-order valence-electron chi connectivity index (χ1n) is 8.60. The van der Waals surface area contributed by atoms with Gasteiger partial charge in [-0.2, -0.15) is 5.10 Å². The normalized spacial score (nSPS) is 15.5. The number of aromatic nitrogens is 2. The van der Waals surface area contributed by atoms with Crippen molar-refractivity contribution in [2.24, 2.45) is 11.8 Å². The van der Waals surface area contributed by atoms with Gasteiger partial charge in [0, 0.05) is 24.3 Å². The van der Waals surface area contributed by atoms with Gasteiger partial charge in [0.1, 0.15) is 0 Å². The van der Waals surface area contributed by atoms with Gasteiger partial charge in [0.15, 0.2) is 0 Å². The summed E-state index contributed by atoms with van der Waals surface area (Å²) in [6.45, 7) is 15.2. The summed E-state index contributed by atoms with van der Waals surface area (Å²) < 4.78 is 1.98. The number of carbonyl (C=O) groups excluding carboxylic acids is 1. The van der Waals surface area contributed by atoms with Gasteiger partial charge >= 0.3 is 0 Å². The fraction of sp³-hybridized carbons (Fsp3) is 0.778. The Morgan fingerprint density at radius 3 is 2.48 bits per heavy atom. The summed E-state index contributed by atoms with van der Waals surface area (Å²) in [5.41, 5.74) is 2.08. The molecule has 0 bridgehead atoms. The molecule has 1 aromatic heterocycles. The van der Waals surface area contributed by atoms with E-state index in [1.54, 1.807) is 6.92 Å². The number of aryl methyl sites for hydroxylation is 1. The van der Waals surface area contributed by atoms with Crippen LogP contribution in [0, 0.1) is 25.7 Å². The largest absolute Gasteiger partial charge is 0.388 e. The van der Waals surface area contributed by atoms with Crippen LogP contribution in [-0.2, 0) is 17.8 Å². The van der Waals surface area contributed by atoms with Crippen LogP contribution in [0.3, 0.4) is 0 Å². The molecule has 1 rings (SSSR count). The Morgan fingerprint density at radius 2 is 1.96 bits per heavy atom. The average Bonchev–Trinajstić information content (AvgIpc) is 2.71. The van der Waals surface area contributed by atoms with Gasteiger partial charge in [-0.15, -0.1) is 0 Å². The monoisotopic (exact) mass is 323 g/mol. The lowest BCUT2D eigenvalue weighted by atomic mass is 9.88. The molecule has 0 saturated heterocycles. The van der Waals surface area contributed by atoms with Crippen molar-refractivity contribution in [1.82, 2.24) is 15.1 Å². The molecule has 1 heterocycles. The van der Waals surface area contributed by atoms with E-state index in [2.05, 4.69) is 24.3 Å².